The van der Waals surface area contributed by atoms with E-state index in [2.05, 4.69) is 217 Å². The summed E-state index contributed by atoms with van der Waals surface area (Å²) >= 11 is 3.75. The molecule has 0 bridgehead atoms. The lowest BCUT2D eigenvalue weighted by Crippen LogP contribution is -2.13. The lowest BCUT2D eigenvalue weighted by molar-refractivity contribution is 1.31. The Morgan fingerprint density at radius 2 is 0.847 bits per heavy atom. The van der Waals surface area contributed by atoms with Crippen LogP contribution >= 0.6 is 22.7 Å². The highest BCUT2D eigenvalue weighted by Gasteiger charge is 2.27. The van der Waals surface area contributed by atoms with Gasteiger partial charge in [0.15, 0.2) is 0 Å². The highest BCUT2D eigenvalue weighted by Crippen LogP contribution is 2.53. The van der Waals surface area contributed by atoms with Gasteiger partial charge in [0.2, 0.25) is 0 Å². The van der Waals surface area contributed by atoms with Crippen LogP contribution in [0.25, 0.3) is 95.3 Å². The molecular formula is C56H35NS2. The maximum absolute atomic E-state index is 2.58. The summed E-state index contributed by atoms with van der Waals surface area (Å²) in [5.74, 6) is 0. The van der Waals surface area contributed by atoms with Crippen LogP contribution in [0.15, 0.2) is 212 Å². The minimum Gasteiger partial charge on any atom is -0.309 e. The lowest BCUT2D eigenvalue weighted by atomic mass is 9.88. The van der Waals surface area contributed by atoms with Crippen LogP contribution in [0.4, 0.5) is 17.1 Å². The molecule has 0 aliphatic carbocycles. The van der Waals surface area contributed by atoms with Crippen molar-refractivity contribution in [3.63, 3.8) is 0 Å². The molecule has 0 spiro atoms. The maximum Gasteiger partial charge on any atom is 0.0625 e. The van der Waals surface area contributed by atoms with Crippen molar-refractivity contribution >= 4 is 102 Å². The summed E-state index contributed by atoms with van der Waals surface area (Å²) in [6.07, 6.45) is 0. The standard InChI is InChI=1S/C56H35NS2/c1-2-16-36(17-3-1)37-18-14-19-38(34-37)54-45-25-6-4-20-40(45)41-21-5-7-26-46(41)55(54)57(39-32-33-53-49(35-39)44-24-10-12-30-51(44)58-53)50-29-11-8-22-42(50)47-27-15-28-48-43-23-9-13-31-52(43)59-56(47)48/h1-35H. The fraction of sp³-hybridized carbons (Fsp3) is 0. The van der Waals surface area contributed by atoms with E-state index in [1.807, 2.05) is 22.7 Å². The first kappa shape index (κ1) is 34.0. The summed E-state index contributed by atoms with van der Waals surface area (Å²) in [5, 5.41) is 10.1. The van der Waals surface area contributed by atoms with Crippen LogP contribution in [-0.2, 0) is 0 Å². The summed E-state index contributed by atoms with van der Waals surface area (Å²) in [4.78, 5) is 2.58. The molecule has 12 aromatic rings. The molecule has 0 amide bonds. The van der Waals surface area contributed by atoms with Gasteiger partial charge in [0.05, 0.1) is 11.4 Å². The number of hydrogen-bond donors (Lipinski definition) is 0. The van der Waals surface area contributed by atoms with Gasteiger partial charge in [-0.3, -0.25) is 0 Å². The van der Waals surface area contributed by atoms with E-state index in [-0.39, 0.29) is 0 Å². The van der Waals surface area contributed by atoms with Crippen molar-refractivity contribution in [1.82, 2.24) is 0 Å². The third kappa shape index (κ3) is 5.51. The Hall–Kier alpha value is -7.04. The molecule has 0 saturated carbocycles. The van der Waals surface area contributed by atoms with E-state index < -0.39 is 0 Å². The lowest BCUT2D eigenvalue weighted by Gasteiger charge is -2.32. The van der Waals surface area contributed by atoms with Gasteiger partial charge in [0, 0.05) is 68.1 Å². The van der Waals surface area contributed by atoms with Gasteiger partial charge in [-0.15, -0.1) is 22.7 Å². The molecule has 59 heavy (non-hydrogen) atoms. The monoisotopic (exact) mass is 785 g/mol. The Morgan fingerprint density at radius 1 is 0.305 bits per heavy atom. The number of hydrogen-bond acceptors (Lipinski definition) is 3. The molecule has 10 aromatic carbocycles. The van der Waals surface area contributed by atoms with Crippen molar-refractivity contribution in [1.29, 1.82) is 0 Å². The van der Waals surface area contributed by atoms with E-state index in [0.717, 1.165) is 11.4 Å². The Morgan fingerprint density at radius 3 is 1.66 bits per heavy atom. The summed E-state index contributed by atoms with van der Waals surface area (Å²) < 4.78 is 5.20. The summed E-state index contributed by atoms with van der Waals surface area (Å²) in [5.41, 5.74) is 10.6. The highest BCUT2D eigenvalue weighted by atomic mass is 32.1. The number of nitrogens with zero attached hydrogens (tertiary/aromatic N) is 1. The minimum atomic E-state index is 1.12. The molecule has 2 heterocycles. The fourth-order valence-corrected chi connectivity index (χ4v) is 11.5. The van der Waals surface area contributed by atoms with E-state index in [1.54, 1.807) is 0 Å². The Bertz CT molecular complexity index is 3580. The molecule has 0 radical (unpaired) electrons. The van der Waals surface area contributed by atoms with Crippen LogP contribution in [-0.4, -0.2) is 0 Å². The van der Waals surface area contributed by atoms with E-state index in [4.69, 9.17) is 0 Å². The molecule has 12 rings (SSSR count). The van der Waals surface area contributed by atoms with E-state index in [9.17, 15) is 0 Å². The molecule has 0 saturated heterocycles. The van der Waals surface area contributed by atoms with Crippen molar-refractivity contribution in [3.05, 3.63) is 212 Å². The number of anilines is 3. The van der Waals surface area contributed by atoms with Crippen LogP contribution in [0.3, 0.4) is 0 Å². The summed E-state index contributed by atoms with van der Waals surface area (Å²) in [6.45, 7) is 0. The number of benzene rings is 10. The topological polar surface area (TPSA) is 3.24 Å². The molecule has 0 fully saturated rings. The van der Waals surface area contributed by atoms with Gasteiger partial charge >= 0.3 is 0 Å². The van der Waals surface area contributed by atoms with Crippen molar-refractivity contribution in [2.24, 2.45) is 0 Å². The van der Waals surface area contributed by atoms with Crippen LogP contribution in [0.1, 0.15) is 0 Å². The average molecular weight is 786 g/mol. The second kappa shape index (κ2) is 13.8. The molecular weight excluding hydrogens is 751 g/mol. The van der Waals surface area contributed by atoms with E-state index in [0.29, 0.717) is 0 Å². The molecule has 1 nitrogen and oxygen atoms in total. The maximum atomic E-state index is 2.58. The first-order valence-electron chi connectivity index (χ1n) is 20.1. The molecule has 276 valence electrons. The van der Waals surface area contributed by atoms with Crippen molar-refractivity contribution in [3.8, 4) is 33.4 Å². The summed E-state index contributed by atoms with van der Waals surface area (Å²) in [7, 11) is 0. The van der Waals surface area contributed by atoms with E-state index >= 15 is 0 Å². The minimum absolute atomic E-state index is 1.12. The predicted molar refractivity (Wildman–Crippen MR) is 258 cm³/mol. The van der Waals surface area contributed by atoms with Crippen molar-refractivity contribution in [2.45, 2.75) is 0 Å². The average Bonchev–Trinajstić information content (AvgIpc) is 3.88. The van der Waals surface area contributed by atoms with Gasteiger partial charge in [-0.25, -0.2) is 0 Å². The van der Waals surface area contributed by atoms with Crippen LogP contribution < -0.4 is 4.90 Å². The highest BCUT2D eigenvalue weighted by molar-refractivity contribution is 7.26. The Balaban J connectivity index is 1.23. The molecule has 0 N–H and O–H groups in total. The predicted octanol–water partition coefficient (Wildman–Crippen LogP) is 17.2. The second-order valence-corrected chi connectivity index (χ2v) is 17.3. The number of para-hydroxylation sites is 1. The van der Waals surface area contributed by atoms with Crippen molar-refractivity contribution < 1.29 is 0 Å². The van der Waals surface area contributed by atoms with Gasteiger partial charge in [-0.05, 0) is 75.3 Å². The van der Waals surface area contributed by atoms with Gasteiger partial charge in [-0.2, -0.15) is 0 Å². The second-order valence-electron chi connectivity index (χ2n) is 15.2. The first-order chi connectivity index (χ1) is 29.3. The van der Waals surface area contributed by atoms with Gasteiger partial charge < -0.3 is 4.90 Å². The van der Waals surface area contributed by atoms with Gasteiger partial charge in [0.25, 0.3) is 0 Å². The smallest absolute Gasteiger partial charge is 0.0625 e. The number of rotatable bonds is 6. The molecule has 0 aliphatic rings. The largest absolute Gasteiger partial charge is 0.309 e. The number of fused-ring (bicyclic) bond motifs is 9. The molecule has 0 atom stereocenters. The Kier molecular flexibility index (Phi) is 7.97. The quantitative estimate of drug-likeness (QED) is 0.152. The fourth-order valence-electron chi connectivity index (χ4n) is 9.23. The summed E-state index contributed by atoms with van der Waals surface area (Å²) in [6, 6.07) is 78.4. The van der Waals surface area contributed by atoms with Crippen LogP contribution in [0.2, 0.25) is 0 Å². The molecule has 0 unspecified atom stereocenters. The van der Waals surface area contributed by atoms with Crippen LogP contribution in [0, 0.1) is 0 Å². The van der Waals surface area contributed by atoms with Gasteiger partial charge in [-0.1, -0.05) is 170 Å². The SMILES string of the molecule is c1ccc(-c2cccc(-c3c(N(c4ccc5sc6ccccc6c5c4)c4ccccc4-c4cccc5c4sc4ccccc45)c4ccccc4c4ccccc34)c2)cc1. The zero-order chi connectivity index (χ0) is 38.9. The third-order valence-corrected chi connectivity index (χ3v) is 14.2. The zero-order valence-electron chi connectivity index (χ0n) is 32.0. The number of thiophene rings is 2. The first-order valence-corrected chi connectivity index (χ1v) is 21.7. The third-order valence-electron chi connectivity index (χ3n) is 11.8. The van der Waals surface area contributed by atoms with Gasteiger partial charge in [0.1, 0.15) is 0 Å². The Labute approximate surface area is 350 Å². The zero-order valence-corrected chi connectivity index (χ0v) is 33.6. The van der Waals surface area contributed by atoms with E-state index in [1.165, 1.54) is 101 Å². The molecule has 2 aromatic heterocycles. The van der Waals surface area contributed by atoms with Crippen LogP contribution in [0.5, 0.6) is 0 Å². The van der Waals surface area contributed by atoms with Crippen molar-refractivity contribution in [2.75, 3.05) is 4.90 Å². The normalized spacial score (nSPS) is 11.7. The molecule has 0 aliphatic heterocycles. The molecule has 3 heteroatoms.